The minimum Gasteiger partial charge on any atom is -0.478 e. The van der Waals surface area contributed by atoms with Crippen molar-refractivity contribution in [1.29, 1.82) is 0 Å². The van der Waals surface area contributed by atoms with Crippen molar-refractivity contribution in [2.24, 2.45) is 5.41 Å². The van der Waals surface area contributed by atoms with Crippen LogP contribution in [0.15, 0.2) is 24.3 Å². The van der Waals surface area contributed by atoms with Gasteiger partial charge < -0.3 is 20.6 Å². The summed E-state index contributed by atoms with van der Waals surface area (Å²) in [4.78, 5) is 45.4. The average molecular weight is 470 g/mol. The van der Waals surface area contributed by atoms with Crippen LogP contribution in [0.2, 0.25) is 0 Å². The van der Waals surface area contributed by atoms with Crippen molar-refractivity contribution in [3.63, 3.8) is 0 Å². The molecule has 0 unspecified atom stereocenters. The number of carboxylic acid groups (broad SMARTS) is 1. The van der Waals surface area contributed by atoms with Crippen LogP contribution in [-0.4, -0.2) is 71.0 Å². The Labute approximate surface area is 200 Å². The number of benzene rings is 1. The predicted octanol–water partition coefficient (Wildman–Crippen LogP) is 2.95. The first-order valence-corrected chi connectivity index (χ1v) is 11.5. The molecule has 9 nitrogen and oxygen atoms in total. The van der Waals surface area contributed by atoms with E-state index in [1.165, 1.54) is 0 Å². The molecule has 2 aromatic rings. The van der Waals surface area contributed by atoms with Crippen molar-refractivity contribution in [2.45, 2.75) is 47.1 Å². The van der Waals surface area contributed by atoms with E-state index in [2.05, 4.69) is 15.5 Å². The topological polar surface area (TPSA) is 115 Å². The number of aromatic carboxylic acids is 1. The van der Waals surface area contributed by atoms with E-state index in [0.717, 1.165) is 0 Å². The quantitative estimate of drug-likeness (QED) is 0.617. The number of hydrogen-bond donors (Lipinski definition) is 3. The molecule has 1 aliphatic heterocycles. The Morgan fingerprint density at radius 2 is 1.65 bits per heavy atom. The van der Waals surface area contributed by atoms with Crippen LogP contribution in [0.4, 0.5) is 11.5 Å². The van der Waals surface area contributed by atoms with Gasteiger partial charge in [-0.1, -0.05) is 20.8 Å². The Kier molecular flexibility index (Phi) is 7.16. The molecule has 2 amide bonds. The fraction of sp³-hybridized carbons (Fsp3) is 0.520. The van der Waals surface area contributed by atoms with Crippen molar-refractivity contribution in [2.75, 3.05) is 42.9 Å². The van der Waals surface area contributed by atoms with E-state index in [0.29, 0.717) is 55.1 Å². The summed E-state index contributed by atoms with van der Waals surface area (Å²) >= 11 is 0. The molecule has 1 fully saturated rings. The highest BCUT2D eigenvalue weighted by Crippen LogP contribution is 2.27. The number of aromatic nitrogens is 1. The van der Waals surface area contributed by atoms with E-state index >= 15 is 0 Å². The summed E-state index contributed by atoms with van der Waals surface area (Å²) in [6.45, 7) is 14.3. The number of carbonyl (C=O) groups excluding carboxylic acids is 2. The van der Waals surface area contributed by atoms with Crippen molar-refractivity contribution < 1.29 is 19.5 Å². The van der Waals surface area contributed by atoms with Crippen molar-refractivity contribution in [3.8, 4) is 0 Å². The molecule has 3 N–H and O–H groups in total. The van der Waals surface area contributed by atoms with Crippen molar-refractivity contribution in [1.82, 2.24) is 15.2 Å². The molecule has 9 heteroatoms. The van der Waals surface area contributed by atoms with E-state index in [4.69, 9.17) is 4.98 Å². The molecule has 184 valence electrons. The van der Waals surface area contributed by atoms with Gasteiger partial charge in [0.05, 0.1) is 17.6 Å². The highest BCUT2D eigenvalue weighted by molar-refractivity contribution is 6.05. The standard InChI is InChI=1S/C25H35N5O4/c1-24(2,3)23(34)26-16-7-8-19-17(13-16)18(22(32)33)14-20(27-19)30-11-9-29(10-12-30)15-21(31)28-25(4,5)6/h7-8,13-14H,9-12,15H2,1-6H3,(H,26,34)(H,28,31)(H,32,33). The average Bonchev–Trinajstić information content (AvgIpc) is 2.71. The lowest BCUT2D eigenvalue weighted by Gasteiger charge is -2.35. The normalized spacial score (nSPS) is 15.3. The van der Waals surface area contributed by atoms with E-state index in [1.807, 2.05) is 46.4 Å². The summed E-state index contributed by atoms with van der Waals surface area (Å²) in [6, 6.07) is 6.71. The minimum atomic E-state index is -1.05. The van der Waals surface area contributed by atoms with Crippen LogP contribution >= 0.6 is 0 Å². The summed E-state index contributed by atoms with van der Waals surface area (Å²) in [5.41, 5.74) is 0.389. The van der Waals surface area contributed by atoms with Crippen LogP contribution in [0.5, 0.6) is 0 Å². The van der Waals surface area contributed by atoms with E-state index in [9.17, 15) is 19.5 Å². The number of piperazine rings is 1. The number of amides is 2. The van der Waals surface area contributed by atoms with Gasteiger partial charge in [0.1, 0.15) is 5.82 Å². The van der Waals surface area contributed by atoms with Gasteiger partial charge in [-0.3, -0.25) is 14.5 Å². The van der Waals surface area contributed by atoms with Gasteiger partial charge in [-0.05, 0) is 45.0 Å². The summed E-state index contributed by atoms with van der Waals surface area (Å²) in [5.74, 6) is -0.615. The molecule has 0 radical (unpaired) electrons. The van der Waals surface area contributed by atoms with E-state index in [-0.39, 0.29) is 22.9 Å². The number of nitrogens with one attached hydrogen (secondary N) is 2. The fourth-order valence-electron chi connectivity index (χ4n) is 3.74. The molecule has 0 bridgehead atoms. The SMILES string of the molecule is CC(C)(C)NC(=O)CN1CCN(c2cc(C(=O)O)c3cc(NC(=O)C(C)(C)C)ccc3n2)CC1. The van der Waals surface area contributed by atoms with Gasteiger partial charge in [0.2, 0.25) is 11.8 Å². The Hall–Kier alpha value is -3.20. The lowest BCUT2D eigenvalue weighted by atomic mass is 9.95. The number of pyridine rings is 1. The van der Waals surface area contributed by atoms with Crippen LogP contribution in [0.25, 0.3) is 10.9 Å². The monoisotopic (exact) mass is 469 g/mol. The maximum absolute atomic E-state index is 12.3. The Bertz CT molecular complexity index is 1090. The van der Waals surface area contributed by atoms with E-state index in [1.54, 1.807) is 24.3 Å². The molecule has 1 aromatic heterocycles. The van der Waals surface area contributed by atoms with Crippen LogP contribution in [0.3, 0.4) is 0 Å². The molecule has 0 saturated carbocycles. The van der Waals surface area contributed by atoms with Gasteiger partial charge in [-0.15, -0.1) is 0 Å². The van der Waals surface area contributed by atoms with Crippen LogP contribution in [-0.2, 0) is 9.59 Å². The molecular weight excluding hydrogens is 434 g/mol. The molecule has 3 rings (SSSR count). The Morgan fingerprint density at radius 1 is 1.00 bits per heavy atom. The second kappa shape index (κ2) is 9.58. The van der Waals surface area contributed by atoms with Gasteiger partial charge in [0.25, 0.3) is 0 Å². The number of anilines is 2. The van der Waals surface area contributed by atoms with E-state index < -0.39 is 11.4 Å². The number of carboxylic acids is 1. The largest absolute Gasteiger partial charge is 0.478 e. The molecule has 0 atom stereocenters. The predicted molar refractivity (Wildman–Crippen MR) is 133 cm³/mol. The number of fused-ring (bicyclic) bond motifs is 1. The second-order valence-electron chi connectivity index (χ2n) is 10.8. The first-order valence-electron chi connectivity index (χ1n) is 11.5. The number of hydrogen-bond acceptors (Lipinski definition) is 6. The Balaban J connectivity index is 1.77. The zero-order chi connectivity index (χ0) is 25.3. The highest BCUT2D eigenvalue weighted by Gasteiger charge is 2.24. The minimum absolute atomic E-state index is 0.00713. The lowest BCUT2D eigenvalue weighted by Crippen LogP contribution is -2.52. The molecule has 2 heterocycles. The summed E-state index contributed by atoms with van der Waals surface area (Å²) in [7, 11) is 0. The molecule has 1 aliphatic rings. The van der Waals surface area contributed by atoms with Gasteiger partial charge in [0, 0.05) is 48.2 Å². The molecule has 1 saturated heterocycles. The number of nitrogens with zero attached hydrogens (tertiary/aromatic N) is 3. The van der Waals surface area contributed by atoms with Crippen LogP contribution in [0.1, 0.15) is 51.9 Å². The maximum atomic E-state index is 12.3. The van der Waals surface area contributed by atoms with Crippen LogP contribution < -0.4 is 15.5 Å². The first kappa shape index (κ1) is 25.4. The fourth-order valence-corrected chi connectivity index (χ4v) is 3.74. The third-order valence-electron chi connectivity index (χ3n) is 5.54. The maximum Gasteiger partial charge on any atom is 0.336 e. The zero-order valence-corrected chi connectivity index (χ0v) is 20.9. The molecular formula is C25H35N5O4. The van der Waals surface area contributed by atoms with Crippen LogP contribution in [0, 0.1) is 5.41 Å². The summed E-state index contributed by atoms with van der Waals surface area (Å²) in [5, 5.41) is 16.1. The molecule has 0 spiro atoms. The van der Waals surface area contributed by atoms with Gasteiger partial charge in [0.15, 0.2) is 0 Å². The summed E-state index contributed by atoms with van der Waals surface area (Å²) in [6.07, 6.45) is 0. The van der Waals surface area contributed by atoms with Gasteiger partial charge in [-0.2, -0.15) is 0 Å². The van der Waals surface area contributed by atoms with Gasteiger partial charge in [-0.25, -0.2) is 9.78 Å². The van der Waals surface area contributed by atoms with Gasteiger partial charge >= 0.3 is 5.97 Å². The smallest absolute Gasteiger partial charge is 0.336 e. The highest BCUT2D eigenvalue weighted by atomic mass is 16.4. The number of rotatable bonds is 5. The third kappa shape index (κ3) is 6.44. The number of carbonyl (C=O) groups is 3. The Morgan fingerprint density at radius 3 is 2.21 bits per heavy atom. The molecule has 34 heavy (non-hydrogen) atoms. The molecule has 1 aromatic carbocycles. The summed E-state index contributed by atoms with van der Waals surface area (Å²) < 4.78 is 0. The lowest BCUT2D eigenvalue weighted by molar-refractivity contribution is -0.124. The van der Waals surface area contributed by atoms with Crippen molar-refractivity contribution >= 4 is 40.2 Å². The first-order chi connectivity index (χ1) is 15.7. The van der Waals surface area contributed by atoms with Crippen molar-refractivity contribution in [3.05, 3.63) is 29.8 Å². The zero-order valence-electron chi connectivity index (χ0n) is 20.9. The molecule has 0 aliphatic carbocycles. The third-order valence-corrected chi connectivity index (χ3v) is 5.54. The second-order valence-corrected chi connectivity index (χ2v) is 10.8.